The molecule has 0 spiro atoms. The summed E-state index contributed by atoms with van der Waals surface area (Å²) in [4.78, 5) is 27.5. The molecule has 0 aliphatic carbocycles. The molecule has 152 valence electrons. The van der Waals surface area contributed by atoms with Crippen LogP contribution in [0.4, 0.5) is 13.2 Å². The molecule has 26 heavy (non-hydrogen) atoms. The monoisotopic (exact) mass is 401 g/mol. The normalized spacial score (nSPS) is 26.8. The number of nitrogens with zero attached hydrogens (tertiary/aromatic N) is 2. The number of nitrogens with one attached hydrogen (secondary N) is 1. The zero-order chi connectivity index (χ0) is 18.6. The van der Waals surface area contributed by atoms with Crippen LogP contribution in [0.5, 0.6) is 0 Å². The Morgan fingerprint density at radius 3 is 2.62 bits per heavy atom. The van der Waals surface area contributed by atoms with Crippen LogP contribution < -0.4 is 5.32 Å². The molecule has 0 radical (unpaired) electrons. The highest BCUT2D eigenvalue weighted by Crippen LogP contribution is 2.23. The third-order valence-corrected chi connectivity index (χ3v) is 4.73. The van der Waals surface area contributed by atoms with Crippen molar-refractivity contribution >= 4 is 24.2 Å². The molecule has 2 aliphatic heterocycles. The summed E-state index contributed by atoms with van der Waals surface area (Å²) < 4.78 is 43.4. The van der Waals surface area contributed by atoms with Crippen LogP contribution in [0.15, 0.2) is 0 Å². The third kappa shape index (κ3) is 5.99. The van der Waals surface area contributed by atoms with Crippen molar-refractivity contribution in [3.63, 3.8) is 0 Å². The molecule has 0 aromatic carbocycles. The van der Waals surface area contributed by atoms with Gasteiger partial charge in [-0.05, 0) is 26.7 Å². The first-order chi connectivity index (χ1) is 11.7. The fourth-order valence-corrected chi connectivity index (χ4v) is 3.41. The summed E-state index contributed by atoms with van der Waals surface area (Å²) in [6, 6.07) is -0.472. The molecule has 0 saturated carbocycles. The first-order valence-corrected chi connectivity index (χ1v) is 8.72. The number of piperidine rings is 1. The second kappa shape index (κ2) is 9.75. The van der Waals surface area contributed by atoms with E-state index < -0.39 is 30.6 Å². The molecule has 0 bridgehead atoms. The minimum Gasteiger partial charge on any atom is -0.375 e. The van der Waals surface area contributed by atoms with Gasteiger partial charge in [-0.1, -0.05) is 0 Å². The fourth-order valence-electron chi connectivity index (χ4n) is 3.41. The molecule has 3 atom stereocenters. The van der Waals surface area contributed by atoms with E-state index in [-0.39, 0.29) is 37.5 Å². The molecule has 2 saturated heterocycles. The maximum Gasteiger partial charge on any atom is 0.406 e. The molecule has 0 aromatic heterocycles. The van der Waals surface area contributed by atoms with Gasteiger partial charge in [0.15, 0.2) is 0 Å². The number of hydrogen-bond donors (Lipinski definition) is 1. The minimum atomic E-state index is -4.42. The fraction of sp³-hybridized carbons (Fsp3) is 0.875. The SMILES string of the molecule is CCN(CC(F)(F)F)C(=O)C1CCCN(C(=O)[C@H]2NCCO[C@@H]2C)C1.Cl. The highest BCUT2D eigenvalue weighted by Gasteiger charge is 2.38. The van der Waals surface area contributed by atoms with E-state index in [9.17, 15) is 22.8 Å². The van der Waals surface area contributed by atoms with Crippen LogP contribution in [0.2, 0.25) is 0 Å². The van der Waals surface area contributed by atoms with Gasteiger partial charge in [0.25, 0.3) is 0 Å². The molecule has 2 aliphatic rings. The molecule has 1 N–H and O–H groups in total. The predicted octanol–water partition coefficient (Wildman–Crippen LogP) is 1.43. The van der Waals surface area contributed by atoms with Gasteiger partial charge in [0.1, 0.15) is 12.6 Å². The summed E-state index contributed by atoms with van der Waals surface area (Å²) in [5, 5.41) is 3.11. The van der Waals surface area contributed by atoms with Gasteiger partial charge in [0, 0.05) is 26.2 Å². The van der Waals surface area contributed by atoms with Crippen LogP contribution in [0.3, 0.4) is 0 Å². The van der Waals surface area contributed by atoms with E-state index in [1.165, 1.54) is 6.92 Å². The maximum atomic E-state index is 12.7. The number of ether oxygens (including phenoxy) is 1. The number of hydrogen-bond acceptors (Lipinski definition) is 4. The lowest BCUT2D eigenvalue weighted by Crippen LogP contribution is -2.58. The Balaban J connectivity index is 0.00000338. The van der Waals surface area contributed by atoms with Gasteiger partial charge in [-0.3, -0.25) is 9.59 Å². The van der Waals surface area contributed by atoms with Crippen LogP contribution in [0.25, 0.3) is 0 Å². The maximum absolute atomic E-state index is 12.7. The highest BCUT2D eigenvalue weighted by molar-refractivity contribution is 5.85. The summed E-state index contributed by atoms with van der Waals surface area (Å²) in [5.74, 6) is -1.26. The van der Waals surface area contributed by atoms with Crippen LogP contribution in [0.1, 0.15) is 26.7 Å². The molecule has 0 aromatic rings. The second-order valence-corrected chi connectivity index (χ2v) is 6.60. The van der Waals surface area contributed by atoms with E-state index in [0.29, 0.717) is 32.5 Å². The Labute approximate surface area is 157 Å². The van der Waals surface area contributed by atoms with Crippen molar-refractivity contribution in [2.75, 3.05) is 39.3 Å². The number of carbonyl (C=O) groups excluding carboxylic acids is 2. The number of carbonyl (C=O) groups is 2. The van der Waals surface area contributed by atoms with Crippen molar-refractivity contribution in [1.29, 1.82) is 0 Å². The van der Waals surface area contributed by atoms with Crippen LogP contribution >= 0.6 is 12.4 Å². The lowest BCUT2D eigenvalue weighted by Gasteiger charge is -2.38. The Morgan fingerprint density at radius 1 is 1.35 bits per heavy atom. The van der Waals surface area contributed by atoms with E-state index in [4.69, 9.17) is 4.74 Å². The predicted molar refractivity (Wildman–Crippen MR) is 92.1 cm³/mol. The van der Waals surface area contributed by atoms with E-state index in [1.807, 2.05) is 6.92 Å². The van der Waals surface area contributed by atoms with E-state index in [2.05, 4.69) is 5.32 Å². The summed E-state index contributed by atoms with van der Waals surface area (Å²) in [6.07, 6.45) is -3.58. The average Bonchev–Trinajstić information content (AvgIpc) is 2.58. The van der Waals surface area contributed by atoms with Gasteiger partial charge in [-0.25, -0.2) is 0 Å². The molecular weight excluding hydrogens is 375 g/mol. The molecule has 2 rings (SSSR count). The Hall–Kier alpha value is -1.06. The Kier molecular flexibility index (Phi) is 8.62. The standard InChI is InChI=1S/C16H26F3N3O3.ClH/c1-3-21(10-16(17,18)19)14(23)12-5-4-7-22(9-12)15(24)13-11(2)25-8-6-20-13;/h11-13,20H,3-10H2,1-2H3;1H/t11-,12?,13+;/m1./s1. The van der Waals surface area contributed by atoms with Crippen LogP contribution in [-0.2, 0) is 14.3 Å². The zero-order valence-electron chi connectivity index (χ0n) is 15.1. The zero-order valence-corrected chi connectivity index (χ0v) is 15.9. The Morgan fingerprint density at radius 2 is 2.04 bits per heavy atom. The quantitative estimate of drug-likeness (QED) is 0.774. The summed E-state index contributed by atoms with van der Waals surface area (Å²) in [7, 11) is 0. The molecular formula is C16H27ClF3N3O3. The van der Waals surface area contributed by atoms with Gasteiger partial charge in [-0.15, -0.1) is 12.4 Å². The average molecular weight is 402 g/mol. The van der Waals surface area contributed by atoms with Crippen molar-refractivity contribution < 1.29 is 27.5 Å². The first-order valence-electron chi connectivity index (χ1n) is 8.72. The largest absolute Gasteiger partial charge is 0.406 e. The number of rotatable bonds is 4. The van der Waals surface area contributed by atoms with Crippen molar-refractivity contribution in [2.24, 2.45) is 5.92 Å². The Bertz CT molecular complexity index is 493. The van der Waals surface area contributed by atoms with Gasteiger partial charge < -0.3 is 19.9 Å². The molecule has 2 heterocycles. The minimum absolute atomic E-state index is 0. The molecule has 2 amide bonds. The van der Waals surface area contributed by atoms with Crippen molar-refractivity contribution in [2.45, 2.75) is 45.0 Å². The molecule has 10 heteroatoms. The smallest absolute Gasteiger partial charge is 0.375 e. The van der Waals surface area contributed by atoms with Crippen molar-refractivity contribution in [3.8, 4) is 0 Å². The number of amides is 2. The van der Waals surface area contributed by atoms with Crippen molar-refractivity contribution in [3.05, 3.63) is 0 Å². The molecule has 2 fully saturated rings. The molecule has 1 unspecified atom stereocenters. The van der Waals surface area contributed by atoms with Gasteiger partial charge in [0.2, 0.25) is 11.8 Å². The van der Waals surface area contributed by atoms with Gasteiger partial charge in [0.05, 0.1) is 18.6 Å². The number of alkyl halides is 3. The van der Waals surface area contributed by atoms with E-state index >= 15 is 0 Å². The van der Waals surface area contributed by atoms with Crippen LogP contribution in [-0.4, -0.2) is 79.3 Å². The number of likely N-dealkylation sites (tertiary alicyclic amines) is 1. The van der Waals surface area contributed by atoms with E-state index in [1.54, 1.807) is 4.90 Å². The topological polar surface area (TPSA) is 61.9 Å². The number of halogens is 4. The summed E-state index contributed by atoms with van der Waals surface area (Å²) in [5.41, 5.74) is 0. The lowest BCUT2D eigenvalue weighted by molar-refractivity contribution is -0.165. The third-order valence-electron chi connectivity index (χ3n) is 4.73. The highest BCUT2D eigenvalue weighted by atomic mass is 35.5. The van der Waals surface area contributed by atoms with Crippen molar-refractivity contribution in [1.82, 2.24) is 15.1 Å². The van der Waals surface area contributed by atoms with Crippen LogP contribution in [0, 0.1) is 5.92 Å². The lowest BCUT2D eigenvalue weighted by atomic mass is 9.95. The first kappa shape index (κ1) is 23.0. The second-order valence-electron chi connectivity index (χ2n) is 6.60. The number of morpholine rings is 1. The summed E-state index contributed by atoms with van der Waals surface area (Å²) >= 11 is 0. The molecule has 6 nitrogen and oxygen atoms in total. The van der Waals surface area contributed by atoms with Gasteiger partial charge in [-0.2, -0.15) is 13.2 Å². The summed E-state index contributed by atoms with van der Waals surface area (Å²) in [6.45, 7) is 3.88. The van der Waals surface area contributed by atoms with Gasteiger partial charge >= 0.3 is 6.18 Å². The van der Waals surface area contributed by atoms with E-state index in [0.717, 1.165) is 4.90 Å².